The lowest BCUT2D eigenvalue weighted by molar-refractivity contribution is -0.143. The summed E-state index contributed by atoms with van der Waals surface area (Å²) in [5.74, 6) is -0.334. The van der Waals surface area contributed by atoms with Crippen LogP contribution in [-0.4, -0.2) is 40.0 Å². The number of hydrogen-bond donors (Lipinski definition) is 1. The number of hydrogen-bond acceptors (Lipinski definition) is 4. The number of rotatable bonds is 4. The number of piperidine rings is 1. The van der Waals surface area contributed by atoms with Gasteiger partial charge in [-0.25, -0.2) is 4.98 Å². The van der Waals surface area contributed by atoms with Crippen LogP contribution in [0.1, 0.15) is 46.6 Å². The van der Waals surface area contributed by atoms with Crippen molar-refractivity contribution in [2.24, 2.45) is 17.8 Å². The van der Waals surface area contributed by atoms with Gasteiger partial charge in [0.1, 0.15) is 4.88 Å². The Kier molecular flexibility index (Phi) is 4.21. The molecule has 2 unspecified atom stereocenters. The van der Waals surface area contributed by atoms with Crippen molar-refractivity contribution in [3.8, 4) is 0 Å². The fourth-order valence-corrected chi connectivity index (χ4v) is 4.29. The Hall–Kier alpha value is -1.43. The van der Waals surface area contributed by atoms with Crippen molar-refractivity contribution in [2.45, 2.75) is 39.5 Å². The molecule has 1 aliphatic heterocycles. The maximum atomic E-state index is 12.8. The maximum absolute atomic E-state index is 12.8. The lowest BCUT2D eigenvalue weighted by atomic mass is 9.90. The Morgan fingerprint density at radius 3 is 2.73 bits per heavy atom. The summed E-state index contributed by atoms with van der Waals surface area (Å²) in [5, 5.41) is 10.3. The van der Waals surface area contributed by atoms with Crippen LogP contribution >= 0.6 is 11.3 Å². The van der Waals surface area contributed by atoms with Crippen LogP contribution in [0.2, 0.25) is 0 Å². The van der Waals surface area contributed by atoms with Gasteiger partial charge in [-0.15, -0.1) is 11.3 Å². The summed E-state index contributed by atoms with van der Waals surface area (Å²) in [6.45, 7) is 4.83. The molecule has 1 saturated heterocycles. The number of amides is 1. The molecule has 120 valence electrons. The van der Waals surface area contributed by atoms with E-state index in [-0.39, 0.29) is 11.8 Å². The van der Waals surface area contributed by atoms with Gasteiger partial charge in [0.2, 0.25) is 0 Å². The molecule has 0 spiro atoms. The van der Waals surface area contributed by atoms with Crippen molar-refractivity contribution in [1.82, 2.24) is 9.88 Å². The minimum atomic E-state index is -0.806. The number of nitrogens with zero attached hydrogens (tertiary/aromatic N) is 2. The number of thiazole rings is 1. The summed E-state index contributed by atoms with van der Waals surface area (Å²) in [7, 11) is 0. The molecule has 1 aromatic heterocycles. The van der Waals surface area contributed by atoms with Gasteiger partial charge in [0.05, 0.1) is 16.6 Å². The van der Waals surface area contributed by atoms with E-state index in [4.69, 9.17) is 0 Å². The summed E-state index contributed by atoms with van der Waals surface area (Å²) in [6.07, 6.45) is 4.17. The van der Waals surface area contributed by atoms with Gasteiger partial charge < -0.3 is 10.0 Å². The van der Waals surface area contributed by atoms with E-state index in [9.17, 15) is 14.7 Å². The van der Waals surface area contributed by atoms with E-state index in [0.717, 1.165) is 23.0 Å². The average Bonchev–Trinajstić information content (AvgIpc) is 3.19. The predicted octanol–water partition coefficient (Wildman–Crippen LogP) is 2.59. The fraction of sp³-hybridized carbons (Fsp3) is 0.688. The number of carbonyl (C=O) groups is 2. The summed E-state index contributed by atoms with van der Waals surface area (Å²) >= 11 is 1.49. The van der Waals surface area contributed by atoms with E-state index in [0.29, 0.717) is 24.4 Å². The molecule has 1 saturated carbocycles. The predicted molar refractivity (Wildman–Crippen MR) is 84.1 cm³/mol. The largest absolute Gasteiger partial charge is 0.481 e. The highest BCUT2D eigenvalue weighted by molar-refractivity contribution is 7.13. The Bertz CT molecular complexity index is 594. The Morgan fingerprint density at radius 1 is 1.36 bits per heavy atom. The highest BCUT2D eigenvalue weighted by Gasteiger charge is 2.34. The Morgan fingerprint density at radius 2 is 2.09 bits per heavy atom. The first kappa shape index (κ1) is 15.5. The van der Waals surface area contributed by atoms with Crippen LogP contribution in [0.5, 0.6) is 0 Å². The molecule has 0 radical (unpaired) electrons. The number of aromatic nitrogens is 1. The number of carboxylic acid groups (broad SMARTS) is 1. The summed E-state index contributed by atoms with van der Waals surface area (Å²) in [4.78, 5) is 30.9. The number of carbonyl (C=O) groups excluding carboxylic acids is 1. The van der Waals surface area contributed by atoms with Crippen LogP contribution in [0, 0.1) is 24.7 Å². The number of aliphatic carboxylic acids is 1. The van der Waals surface area contributed by atoms with E-state index in [1.165, 1.54) is 24.2 Å². The molecule has 22 heavy (non-hydrogen) atoms. The molecule has 2 fully saturated rings. The smallest absolute Gasteiger partial charge is 0.308 e. The second kappa shape index (κ2) is 5.99. The van der Waals surface area contributed by atoms with E-state index >= 15 is 0 Å². The van der Waals surface area contributed by atoms with Crippen molar-refractivity contribution in [1.29, 1.82) is 0 Å². The third-order valence-corrected chi connectivity index (χ3v) is 5.66. The van der Waals surface area contributed by atoms with Gasteiger partial charge in [-0.2, -0.15) is 0 Å². The third-order valence-electron chi connectivity index (χ3n) is 4.49. The SMILES string of the molecule is Cc1nc(CC2CC2)sc1C(=O)N1CC(C)CC(C(=O)O)C1. The van der Waals surface area contributed by atoms with Gasteiger partial charge in [0.15, 0.2) is 0 Å². The van der Waals surface area contributed by atoms with Crippen molar-refractivity contribution in [3.05, 3.63) is 15.6 Å². The fourth-order valence-electron chi connectivity index (χ4n) is 3.15. The van der Waals surface area contributed by atoms with Crippen molar-refractivity contribution in [3.63, 3.8) is 0 Å². The summed E-state index contributed by atoms with van der Waals surface area (Å²) < 4.78 is 0. The van der Waals surface area contributed by atoms with Gasteiger partial charge in [0.25, 0.3) is 5.91 Å². The van der Waals surface area contributed by atoms with Gasteiger partial charge in [-0.3, -0.25) is 9.59 Å². The molecule has 1 amide bonds. The lowest BCUT2D eigenvalue weighted by Gasteiger charge is -2.34. The molecule has 3 rings (SSSR count). The minimum Gasteiger partial charge on any atom is -0.481 e. The van der Waals surface area contributed by atoms with Gasteiger partial charge in [-0.1, -0.05) is 6.92 Å². The normalized spacial score (nSPS) is 25.3. The quantitative estimate of drug-likeness (QED) is 0.925. The monoisotopic (exact) mass is 322 g/mol. The molecule has 1 aromatic rings. The van der Waals surface area contributed by atoms with Crippen molar-refractivity contribution in [2.75, 3.05) is 13.1 Å². The second-order valence-electron chi connectivity index (χ2n) is 6.76. The molecule has 0 bridgehead atoms. The minimum absolute atomic E-state index is 0.0464. The highest BCUT2D eigenvalue weighted by atomic mass is 32.1. The molecule has 6 heteroatoms. The average molecular weight is 322 g/mol. The van der Waals surface area contributed by atoms with Crippen LogP contribution in [-0.2, 0) is 11.2 Å². The van der Waals surface area contributed by atoms with E-state index in [1.54, 1.807) is 4.90 Å². The summed E-state index contributed by atoms with van der Waals surface area (Å²) in [6, 6.07) is 0. The molecule has 5 nitrogen and oxygen atoms in total. The molecular weight excluding hydrogens is 300 g/mol. The second-order valence-corrected chi connectivity index (χ2v) is 7.84. The Labute approximate surface area is 134 Å². The first-order chi connectivity index (χ1) is 10.4. The van der Waals surface area contributed by atoms with Gasteiger partial charge in [0, 0.05) is 19.5 Å². The van der Waals surface area contributed by atoms with E-state index in [2.05, 4.69) is 4.98 Å². The topological polar surface area (TPSA) is 70.5 Å². The van der Waals surface area contributed by atoms with Crippen LogP contribution in [0.3, 0.4) is 0 Å². The molecule has 1 N–H and O–H groups in total. The Balaban J connectivity index is 1.74. The van der Waals surface area contributed by atoms with E-state index < -0.39 is 11.9 Å². The molecule has 2 atom stereocenters. The molecule has 1 aliphatic carbocycles. The number of aryl methyl sites for hydroxylation is 1. The first-order valence-electron chi connectivity index (χ1n) is 7.92. The zero-order valence-corrected chi connectivity index (χ0v) is 13.9. The van der Waals surface area contributed by atoms with E-state index in [1.807, 2.05) is 13.8 Å². The van der Waals surface area contributed by atoms with Crippen molar-refractivity contribution >= 4 is 23.2 Å². The van der Waals surface area contributed by atoms with Gasteiger partial charge >= 0.3 is 5.97 Å². The van der Waals surface area contributed by atoms with Gasteiger partial charge in [-0.05, 0) is 38.0 Å². The van der Waals surface area contributed by atoms with Crippen LogP contribution < -0.4 is 0 Å². The summed E-state index contributed by atoms with van der Waals surface area (Å²) in [5.41, 5.74) is 0.788. The highest BCUT2D eigenvalue weighted by Crippen LogP contribution is 2.35. The zero-order chi connectivity index (χ0) is 15.9. The number of likely N-dealkylation sites (tertiary alicyclic amines) is 1. The van der Waals surface area contributed by atoms with Crippen LogP contribution in [0.4, 0.5) is 0 Å². The third kappa shape index (κ3) is 3.32. The first-order valence-corrected chi connectivity index (χ1v) is 8.74. The standard InChI is InChI=1S/C16H22N2O3S/c1-9-5-12(16(20)21)8-18(7-9)15(19)14-10(2)17-13(22-14)6-11-3-4-11/h9,11-12H,3-8H2,1-2H3,(H,20,21). The molecule has 2 aliphatic rings. The zero-order valence-electron chi connectivity index (χ0n) is 13.0. The van der Waals surface area contributed by atoms with Crippen molar-refractivity contribution < 1.29 is 14.7 Å². The maximum Gasteiger partial charge on any atom is 0.308 e. The van der Waals surface area contributed by atoms with Crippen LogP contribution in [0.25, 0.3) is 0 Å². The number of carboxylic acids is 1. The van der Waals surface area contributed by atoms with Crippen LogP contribution in [0.15, 0.2) is 0 Å². The lowest BCUT2D eigenvalue weighted by Crippen LogP contribution is -2.45. The molecular formula is C16H22N2O3S. The molecule has 2 heterocycles. The molecule has 0 aromatic carbocycles.